The number of hydrogen-bond donors (Lipinski definition) is 0. The number of nitrogens with zero attached hydrogens (tertiary/aromatic N) is 2. The van der Waals surface area contributed by atoms with Crippen LogP contribution in [-0.4, -0.2) is 53.6 Å². The highest BCUT2D eigenvalue weighted by Crippen LogP contribution is 2.63. The van der Waals surface area contributed by atoms with Gasteiger partial charge in [-0.1, -0.05) is 26.7 Å². The fourth-order valence-corrected chi connectivity index (χ4v) is 5.22. The van der Waals surface area contributed by atoms with Gasteiger partial charge in [0.1, 0.15) is 5.60 Å². The number of carbonyl (C=O) groups is 2. The third-order valence-electron chi connectivity index (χ3n) is 7.09. The highest BCUT2D eigenvalue weighted by Gasteiger charge is 2.60. The average Bonchev–Trinajstić information content (AvgIpc) is 2.91. The van der Waals surface area contributed by atoms with E-state index in [0.29, 0.717) is 23.8 Å². The summed E-state index contributed by atoms with van der Waals surface area (Å²) in [6.07, 6.45) is 8.67. The van der Waals surface area contributed by atoms with Crippen LogP contribution < -0.4 is 0 Å². The Bertz CT molecular complexity index is 545. The molecule has 25 heavy (non-hydrogen) atoms. The van der Waals surface area contributed by atoms with Gasteiger partial charge in [-0.25, -0.2) is 4.79 Å². The van der Waals surface area contributed by atoms with Crippen molar-refractivity contribution < 1.29 is 14.3 Å². The van der Waals surface area contributed by atoms with Gasteiger partial charge in [0.25, 0.3) is 0 Å². The Balaban J connectivity index is 1.30. The van der Waals surface area contributed by atoms with Crippen molar-refractivity contribution in [3.05, 3.63) is 0 Å². The van der Waals surface area contributed by atoms with Crippen LogP contribution in [0.25, 0.3) is 0 Å². The second-order valence-corrected chi connectivity index (χ2v) is 9.31. The Kier molecular flexibility index (Phi) is 4.24. The van der Waals surface area contributed by atoms with Crippen molar-refractivity contribution in [2.45, 2.75) is 70.8 Å². The Morgan fingerprint density at radius 2 is 1.88 bits per heavy atom. The van der Waals surface area contributed by atoms with Crippen LogP contribution in [-0.2, 0) is 9.53 Å². The molecule has 0 unspecified atom stereocenters. The molecule has 0 N–H and O–H groups in total. The quantitative estimate of drug-likeness (QED) is 0.782. The van der Waals surface area contributed by atoms with Gasteiger partial charge < -0.3 is 14.5 Å². The molecule has 0 aromatic carbocycles. The number of amides is 2. The molecule has 2 amide bonds. The minimum Gasteiger partial charge on any atom is -0.441 e. The van der Waals surface area contributed by atoms with Gasteiger partial charge in [0, 0.05) is 38.4 Å². The van der Waals surface area contributed by atoms with Gasteiger partial charge in [-0.2, -0.15) is 0 Å². The number of hydrogen-bond acceptors (Lipinski definition) is 3. The van der Waals surface area contributed by atoms with Gasteiger partial charge in [0.15, 0.2) is 0 Å². The zero-order valence-electron chi connectivity index (χ0n) is 15.8. The monoisotopic (exact) mass is 348 g/mol. The molecule has 140 valence electrons. The first-order valence-electron chi connectivity index (χ1n) is 10.2. The molecule has 0 aromatic heterocycles. The van der Waals surface area contributed by atoms with Crippen LogP contribution in [0.1, 0.15) is 65.2 Å². The number of piperidine rings is 1. The standard InChI is InChI=1S/C20H32N2O3/c1-15(2)5-10-22-14-20(25-18(22)24)8-11-21(12-9-20)17(23)16-13-19(16)6-3-4-7-19/h15-16H,3-14H2,1-2H3/t16-/m0/s1. The van der Waals surface area contributed by atoms with E-state index in [9.17, 15) is 9.59 Å². The molecule has 0 aromatic rings. The van der Waals surface area contributed by atoms with Gasteiger partial charge >= 0.3 is 6.09 Å². The van der Waals surface area contributed by atoms with Crippen molar-refractivity contribution in [3.8, 4) is 0 Å². The molecule has 0 bridgehead atoms. The lowest BCUT2D eigenvalue weighted by atomic mass is 9.90. The summed E-state index contributed by atoms with van der Waals surface area (Å²) in [5, 5.41) is 0. The Labute approximate surface area is 151 Å². The third kappa shape index (κ3) is 3.15. The molecule has 2 saturated carbocycles. The topological polar surface area (TPSA) is 49.9 Å². The average molecular weight is 348 g/mol. The van der Waals surface area contributed by atoms with E-state index in [4.69, 9.17) is 4.74 Å². The van der Waals surface area contributed by atoms with Crippen LogP contribution in [0.15, 0.2) is 0 Å². The van der Waals surface area contributed by atoms with E-state index in [1.165, 1.54) is 25.7 Å². The summed E-state index contributed by atoms with van der Waals surface area (Å²) in [4.78, 5) is 28.9. The van der Waals surface area contributed by atoms with Crippen molar-refractivity contribution >= 4 is 12.0 Å². The second-order valence-electron chi connectivity index (χ2n) is 9.31. The van der Waals surface area contributed by atoms with Crippen LogP contribution in [0.4, 0.5) is 4.79 Å². The van der Waals surface area contributed by atoms with Crippen molar-refractivity contribution in [1.82, 2.24) is 9.80 Å². The molecule has 2 aliphatic carbocycles. The minimum absolute atomic E-state index is 0.160. The molecule has 2 heterocycles. The maximum absolute atomic E-state index is 12.8. The zero-order chi connectivity index (χ0) is 17.7. The normalized spacial score (nSPS) is 29.7. The molecule has 5 nitrogen and oxygen atoms in total. The number of likely N-dealkylation sites (tertiary alicyclic amines) is 1. The van der Waals surface area contributed by atoms with Gasteiger partial charge in [-0.3, -0.25) is 4.79 Å². The van der Waals surface area contributed by atoms with Gasteiger partial charge in [-0.05, 0) is 37.0 Å². The van der Waals surface area contributed by atoms with Crippen molar-refractivity contribution in [3.63, 3.8) is 0 Å². The smallest absolute Gasteiger partial charge is 0.410 e. The van der Waals surface area contributed by atoms with Crippen LogP contribution in [0.5, 0.6) is 0 Å². The Hall–Kier alpha value is -1.26. The lowest BCUT2D eigenvalue weighted by Gasteiger charge is -2.37. The van der Waals surface area contributed by atoms with E-state index in [1.54, 1.807) is 0 Å². The molecule has 4 aliphatic rings. The SMILES string of the molecule is CC(C)CCN1CC2(CCN(C(=O)[C@@H]3CC34CCCC4)CC2)OC1=O. The maximum Gasteiger partial charge on any atom is 0.410 e. The zero-order valence-corrected chi connectivity index (χ0v) is 15.8. The predicted molar refractivity (Wildman–Crippen MR) is 95.1 cm³/mol. The van der Waals surface area contributed by atoms with Crippen LogP contribution in [0, 0.1) is 17.3 Å². The largest absolute Gasteiger partial charge is 0.441 e. The molecule has 1 atom stereocenters. The van der Waals surface area contributed by atoms with E-state index in [0.717, 1.165) is 45.3 Å². The fourth-order valence-electron chi connectivity index (χ4n) is 5.22. The van der Waals surface area contributed by atoms with E-state index in [-0.39, 0.29) is 17.6 Å². The number of ether oxygens (including phenoxy) is 1. The Morgan fingerprint density at radius 3 is 2.52 bits per heavy atom. The predicted octanol–water partition coefficient (Wildman–Crippen LogP) is 3.43. The molecule has 2 spiro atoms. The fraction of sp³-hybridized carbons (Fsp3) is 0.900. The van der Waals surface area contributed by atoms with Crippen molar-refractivity contribution in [2.24, 2.45) is 17.3 Å². The molecule has 4 fully saturated rings. The first-order valence-corrected chi connectivity index (χ1v) is 10.2. The van der Waals surface area contributed by atoms with Crippen LogP contribution >= 0.6 is 0 Å². The van der Waals surface area contributed by atoms with Gasteiger partial charge in [0.05, 0.1) is 6.54 Å². The van der Waals surface area contributed by atoms with Gasteiger partial charge in [0.2, 0.25) is 5.91 Å². The van der Waals surface area contributed by atoms with Gasteiger partial charge in [-0.15, -0.1) is 0 Å². The van der Waals surface area contributed by atoms with E-state index in [1.807, 2.05) is 9.80 Å². The van der Waals surface area contributed by atoms with Crippen molar-refractivity contribution in [1.29, 1.82) is 0 Å². The van der Waals surface area contributed by atoms with E-state index < -0.39 is 0 Å². The lowest BCUT2D eigenvalue weighted by molar-refractivity contribution is -0.136. The molecular weight excluding hydrogens is 316 g/mol. The molecular formula is C20H32N2O3. The maximum atomic E-state index is 12.8. The first kappa shape index (κ1) is 17.2. The van der Waals surface area contributed by atoms with Crippen molar-refractivity contribution in [2.75, 3.05) is 26.2 Å². The number of carbonyl (C=O) groups excluding carboxylic acids is 2. The van der Waals surface area contributed by atoms with Crippen LogP contribution in [0.3, 0.4) is 0 Å². The summed E-state index contributed by atoms with van der Waals surface area (Å²) in [7, 11) is 0. The number of rotatable bonds is 4. The summed E-state index contributed by atoms with van der Waals surface area (Å²) in [5.41, 5.74) is 0.0269. The molecule has 0 radical (unpaired) electrons. The van der Waals surface area contributed by atoms with E-state index in [2.05, 4.69) is 13.8 Å². The highest BCUT2D eigenvalue weighted by atomic mass is 16.6. The minimum atomic E-state index is -0.348. The summed E-state index contributed by atoms with van der Waals surface area (Å²) in [6.45, 7) is 7.33. The molecule has 5 heteroatoms. The summed E-state index contributed by atoms with van der Waals surface area (Å²) >= 11 is 0. The molecule has 2 saturated heterocycles. The summed E-state index contributed by atoms with van der Waals surface area (Å²) in [5.74, 6) is 1.25. The molecule has 2 aliphatic heterocycles. The summed E-state index contributed by atoms with van der Waals surface area (Å²) < 4.78 is 5.78. The highest BCUT2D eigenvalue weighted by molar-refractivity contribution is 5.83. The molecule has 4 rings (SSSR count). The van der Waals surface area contributed by atoms with E-state index >= 15 is 0 Å². The summed E-state index contributed by atoms with van der Waals surface area (Å²) in [6, 6.07) is 0. The second kappa shape index (κ2) is 6.17. The third-order valence-corrected chi connectivity index (χ3v) is 7.09. The Morgan fingerprint density at radius 1 is 1.20 bits per heavy atom. The first-order chi connectivity index (χ1) is 11.9. The lowest BCUT2D eigenvalue weighted by Crippen LogP contribution is -2.49. The van der Waals surface area contributed by atoms with Crippen LogP contribution in [0.2, 0.25) is 0 Å².